The minimum Gasteiger partial charge on any atom is -0.462 e. The number of ether oxygens (including phenoxy) is 4. The fourth-order valence-electron chi connectivity index (χ4n) is 9.71. The van der Waals surface area contributed by atoms with Crippen LogP contribution in [0.4, 0.5) is 0 Å². The average molecular weight is 1470 g/mol. The molecule has 0 spiro atoms. The summed E-state index contributed by atoms with van der Waals surface area (Å²) in [4.78, 5) is 72.9. The predicted octanol–water partition coefficient (Wildman–Crippen LogP) is 22.4. The smallest absolute Gasteiger partial charge is 0.462 e. The van der Waals surface area contributed by atoms with Crippen LogP contribution in [0.1, 0.15) is 285 Å². The van der Waals surface area contributed by atoms with Gasteiger partial charge in [-0.1, -0.05) is 276 Å². The number of aliphatic hydroxyl groups excluding tert-OH is 1. The van der Waals surface area contributed by atoms with Crippen LogP contribution in [-0.4, -0.2) is 96.7 Å². The lowest BCUT2D eigenvalue weighted by atomic mass is 10.1. The van der Waals surface area contributed by atoms with E-state index >= 15 is 0 Å². The maximum atomic E-state index is 13.1. The van der Waals surface area contributed by atoms with Crippen LogP contribution < -0.4 is 0 Å². The third kappa shape index (κ3) is 73.0. The molecular formula is C83H136O17P2. The SMILES string of the molecule is CC/C=C\C/C=C\C/C=C\C/C=C\C/C=C\CCCC(=O)OCC(COP(=O)(O)OCC(O)COP(=O)(O)OCC(COC(=O)CCCCCC/C=C\C/C=C\C/C=C\C/C=C\CC)OC(=O)CCCCCCCCCCCCC)OC(=O)CCCCCC/C=C\C/C=C\C/C=C\C/C=C\CC. The second-order valence-corrected chi connectivity index (χ2v) is 28.1. The highest BCUT2D eigenvalue weighted by Gasteiger charge is 2.30. The Balaban J connectivity index is 5.44. The number of hydrogen-bond acceptors (Lipinski definition) is 15. The van der Waals surface area contributed by atoms with E-state index in [0.29, 0.717) is 32.1 Å². The summed E-state index contributed by atoms with van der Waals surface area (Å²) in [5.74, 6) is -2.30. The third-order valence-corrected chi connectivity index (χ3v) is 17.4. The first kappa shape index (κ1) is 96.7. The molecule has 0 rings (SSSR count). The van der Waals surface area contributed by atoms with Gasteiger partial charge >= 0.3 is 39.5 Å². The lowest BCUT2D eigenvalue weighted by Crippen LogP contribution is -2.30. The van der Waals surface area contributed by atoms with Gasteiger partial charge in [0.15, 0.2) is 12.2 Å². The van der Waals surface area contributed by atoms with Gasteiger partial charge in [0, 0.05) is 25.7 Å². The Morgan fingerprint density at radius 2 is 0.520 bits per heavy atom. The molecule has 0 aromatic rings. The van der Waals surface area contributed by atoms with Crippen molar-refractivity contribution in [1.29, 1.82) is 0 Å². The Bertz CT molecular complexity index is 2550. The zero-order valence-corrected chi connectivity index (χ0v) is 65.0. The molecule has 0 radical (unpaired) electrons. The number of carbonyl (C=O) groups excluding carboxylic acids is 4. The Kier molecular flexibility index (Phi) is 70.1. The van der Waals surface area contributed by atoms with Crippen molar-refractivity contribution in [1.82, 2.24) is 0 Å². The lowest BCUT2D eigenvalue weighted by Gasteiger charge is -2.21. The average Bonchev–Trinajstić information content (AvgIpc) is 0.994. The summed E-state index contributed by atoms with van der Waals surface area (Å²) in [7, 11) is -9.99. The molecule has 0 amide bonds. The van der Waals surface area contributed by atoms with E-state index in [1.165, 1.54) is 38.5 Å². The molecule has 0 heterocycles. The molecule has 17 nitrogen and oxygen atoms in total. The van der Waals surface area contributed by atoms with Crippen molar-refractivity contribution in [2.24, 2.45) is 0 Å². The number of rotatable bonds is 71. The first-order chi connectivity index (χ1) is 49.7. The Morgan fingerprint density at radius 3 is 0.824 bits per heavy atom. The van der Waals surface area contributed by atoms with Gasteiger partial charge in [-0.25, -0.2) is 9.13 Å². The van der Waals surface area contributed by atoms with Crippen LogP contribution in [0.15, 0.2) is 158 Å². The molecule has 0 aromatic heterocycles. The molecule has 0 aliphatic carbocycles. The summed E-state index contributed by atoms with van der Waals surface area (Å²) >= 11 is 0. The monoisotopic (exact) mass is 1470 g/mol. The molecular weight excluding hydrogens is 1330 g/mol. The molecule has 0 aliphatic heterocycles. The van der Waals surface area contributed by atoms with Crippen molar-refractivity contribution in [3.63, 3.8) is 0 Å². The van der Waals surface area contributed by atoms with Crippen LogP contribution in [0.2, 0.25) is 0 Å². The molecule has 580 valence electrons. The van der Waals surface area contributed by atoms with Crippen molar-refractivity contribution < 1.29 is 80.2 Å². The van der Waals surface area contributed by atoms with Crippen LogP contribution >= 0.6 is 15.6 Å². The number of allylic oxidation sites excluding steroid dienone is 26. The van der Waals surface area contributed by atoms with Crippen molar-refractivity contribution in [3.05, 3.63) is 158 Å². The normalized spacial score (nSPS) is 14.8. The van der Waals surface area contributed by atoms with Crippen LogP contribution in [-0.2, 0) is 65.4 Å². The van der Waals surface area contributed by atoms with Gasteiger partial charge < -0.3 is 33.8 Å². The molecule has 0 fully saturated rings. The Labute approximate surface area is 617 Å². The summed E-state index contributed by atoms with van der Waals surface area (Å²) in [5, 5.41) is 10.6. The second kappa shape index (κ2) is 74.0. The number of phosphoric acid groups is 2. The highest BCUT2D eigenvalue weighted by Crippen LogP contribution is 2.45. The largest absolute Gasteiger partial charge is 0.472 e. The first-order valence-electron chi connectivity index (χ1n) is 38.7. The fraction of sp³-hybridized carbons (Fsp3) is 0.639. The van der Waals surface area contributed by atoms with Gasteiger partial charge in [0.25, 0.3) is 0 Å². The van der Waals surface area contributed by atoms with Gasteiger partial charge in [-0.2, -0.15) is 0 Å². The summed E-state index contributed by atoms with van der Waals surface area (Å²) < 4.78 is 68.4. The van der Waals surface area contributed by atoms with E-state index in [9.17, 15) is 43.2 Å². The maximum Gasteiger partial charge on any atom is 0.472 e. The van der Waals surface area contributed by atoms with E-state index in [2.05, 4.69) is 174 Å². The topological polar surface area (TPSA) is 237 Å². The van der Waals surface area contributed by atoms with Gasteiger partial charge in [0.1, 0.15) is 19.3 Å². The fourth-order valence-corrected chi connectivity index (χ4v) is 11.3. The minimum absolute atomic E-state index is 0.0492. The van der Waals surface area contributed by atoms with Crippen molar-refractivity contribution in [2.45, 2.75) is 303 Å². The van der Waals surface area contributed by atoms with E-state index < -0.39 is 97.5 Å². The van der Waals surface area contributed by atoms with Gasteiger partial charge in [-0.05, 0) is 141 Å². The molecule has 3 N–H and O–H groups in total. The van der Waals surface area contributed by atoms with Crippen LogP contribution in [0, 0.1) is 0 Å². The summed E-state index contributed by atoms with van der Waals surface area (Å²) in [6, 6.07) is 0. The van der Waals surface area contributed by atoms with Crippen LogP contribution in [0.3, 0.4) is 0 Å². The summed E-state index contributed by atoms with van der Waals surface area (Å²) in [5.41, 5.74) is 0. The number of aliphatic hydroxyl groups is 1. The standard InChI is InChI=1S/C83H136O17P2/c1-5-9-13-17-21-25-29-32-35-38-41-44-48-51-55-59-63-67-80(85)93-73-78(99-82(87)69-65-61-57-53-47-28-24-20-16-12-8-4)75-97-101(89,90)95-71-77(84)72-96-102(91,92)98-76-79(100-83(88)70-66-62-58-54-50-46-43-40-37-34-31-27-23-19-15-11-7-3)74-94-81(86)68-64-60-56-52-49-45-42-39-36-33-30-26-22-18-14-10-6-2/h9-11,13-15,21-23,25-27,32-37,41-46,52,56,77-79,84H,5-8,12,16-20,24,28-31,38-40,47-51,53-55,57-76H2,1-4H3,(H,89,90)(H,91,92)/b13-9-,14-10-,15-11-,25-21-,26-22-,27-23-,35-32-,36-33-,37-34-,44-41-,45-42-,46-43-,56-52-. The van der Waals surface area contributed by atoms with Gasteiger partial charge in [-0.3, -0.25) is 37.3 Å². The molecule has 0 bridgehead atoms. The number of esters is 4. The quantitative estimate of drug-likeness (QED) is 0.0169. The molecule has 0 aliphatic rings. The second-order valence-electron chi connectivity index (χ2n) is 25.2. The van der Waals surface area contributed by atoms with Gasteiger partial charge in [-0.15, -0.1) is 0 Å². The zero-order chi connectivity index (χ0) is 74.6. The molecule has 102 heavy (non-hydrogen) atoms. The minimum atomic E-state index is -5.00. The highest BCUT2D eigenvalue weighted by molar-refractivity contribution is 7.47. The predicted molar refractivity (Wildman–Crippen MR) is 417 cm³/mol. The molecule has 0 aromatic carbocycles. The highest BCUT2D eigenvalue weighted by atomic mass is 31.2. The van der Waals surface area contributed by atoms with Crippen molar-refractivity contribution in [3.8, 4) is 0 Å². The number of phosphoric ester groups is 2. The van der Waals surface area contributed by atoms with Crippen molar-refractivity contribution in [2.75, 3.05) is 39.6 Å². The van der Waals surface area contributed by atoms with Gasteiger partial charge in [0.2, 0.25) is 0 Å². The third-order valence-electron chi connectivity index (χ3n) is 15.5. The first-order valence-corrected chi connectivity index (χ1v) is 41.7. The maximum absolute atomic E-state index is 13.1. The van der Waals surface area contributed by atoms with E-state index in [1.807, 2.05) is 12.2 Å². The van der Waals surface area contributed by atoms with Crippen molar-refractivity contribution >= 4 is 39.5 Å². The van der Waals surface area contributed by atoms with Crippen LogP contribution in [0.25, 0.3) is 0 Å². The molecule has 19 heteroatoms. The zero-order valence-electron chi connectivity index (χ0n) is 63.2. The Morgan fingerprint density at radius 1 is 0.284 bits per heavy atom. The van der Waals surface area contributed by atoms with Gasteiger partial charge in [0.05, 0.1) is 26.4 Å². The molecule has 5 unspecified atom stereocenters. The molecule has 0 saturated carbocycles. The number of unbranched alkanes of at least 4 members (excludes halogenated alkanes) is 19. The van der Waals surface area contributed by atoms with E-state index in [-0.39, 0.29) is 25.7 Å². The summed E-state index contributed by atoms with van der Waals surface area (Å²) in [6.07, 6.45) is 85.3. The van der Waals surface area contributed by atoms with E-state index in [4.69, 9.17) is 37.0 Å². The van der Waals surface area contributed by atoms with E-state index in [1.54, 1.807) is 0 Å². The molecule has 0 saturated heterocycles. The number of hydrogen-bond donors (Lipinski definition) is 3. The van der Waals surface area contributed by atoms with E-state index in [0.717, 1.165) is 161 Å². The lowest BCUT2D eigenvalue weighted by molar-refractivity contribution is -0.161. The summed E-state index contributed by atoms with van der Waals surface area (Å²) in [6.45, 7) is 4.39. The molecule has 5 atom stereocenters. The number of carbonyl (C=O) groups is 4. The Hall–Kier alpha value is -5.32. The van der Waals surface area contributed by atoms with Crippen LogP contribution in [0.5, 0.6) is 0 Å².